The number of hydrogen-bond donors (Lipinski definition) is 1. The van der Waals surface area contributed by atoms with Crippen LogP contribution in [0.3, 0.4) is 0 Å². The zero-order valence-corrected chi connectivity index (χ0v) is 21.0. The number of aromatic nitrogens is 1. The first kappa shape index (κ1) is 23.9. The van der Waals surface area contributed by atoms with Crippen molar-refractivity contribution in [3.63, 3.8) is 0 Å². The molecule has 0 amide bonds. The molecule has 6 nitrogen and oxygen atoms in total. The summed E-state index contributed by atoms with van der Waals surface area (Å²) in [6, 6.07) is 13.9. The van der Waals surface area contributed by atoms with E-state index < -0.39 is 12.0 Å². The van der Waals surface area contributed by atoms with Crippen molar-refractivity contribution in [2.24, 2.45) is 0 Å². The van der Waals surface area contributed by atoms with Gasteiger partial charge in [-0.1, -0.05) is 49.4 Å². The third-order valence-electron chi connectivity index (χ3n) is 7.27. The zero-order chi connectivity index (χ0) is 25.3. The van der Waals surface area contributed by atoms with E-state index in [2.05, 4.69) is 31.2 Å². The maximum Gasteiger partial charge on any atom is 0.326 e. The Bertz CT molecular complexity index is 1310. The van der Waals surface area contributed by atoms with Crippen LogP contribution in [0, 0.1) is 6.92 Å². The molecule has 1 aromatic heterocycles. The van der Waals surface area contributed by atoms with Gasteiger partial charge in [-0.25, -0.2) is 9.78 Å². The van der Waals surface area contributed by atoms with Crippen molar-refractivity contribution in [2.75, 3.05) is 0 Å². The maximum absolute atomic E-state index is 11.8. The summed E-state index contributed by atoms with van der Waals surface area (Å²) in [5.74, 6) is 1.47. The summed E-state index contributed by atoms with van der Waals surface area (Å²) in [6.45, 7) is 6.92. The van der Waals surface area contributed by atoms with Crippen molar-refractivity contribution in [3.8, 4) is 5.75 Å². The lowest BCUT2D eigenvalue weighted by Crippen LogP contribution is -2.42. The van der Waals surface area contributed by atoms with Gasteiger partial charge in [0, 0.05) is 19.2 Å². The second kappa shape index (κ2) is 9.69. The second-order valence-electron chi connectivity index (χ2n) is 10.0. The van der Waals surface area contributed by atoms with Gasteiger partial charge in [0.05, 0.1) is 5.41 Å². The highest BCUT2D eigenvalue weighted by Crippen LogP contribution is 2.39. The molecule has 1 aliphatic carbocycles. The molecule has 5 rings (SSSR count). The van der Waals surface area contributed by atoms with Crippen LogP contribution in [0.15, 0.2) is 71.3 Å². The number of aliphatic carboxylic acids is 1. The van der Waals surface area contributed by atoms with E-state index in [9.17, 15) is 9.90 Å². The van der Waals surface area contributed by atoms with Crippen molar-refractivity contribution in [1.29, 1.82) is 0 Å². The standard InChI is InChI=1S/C30H32N2O4/c1-4-5-8-13-32-18-24-14-25(12-11-21(24)15-27(32)28(33)34)35-19-26-20(2)36-29(31-26)30(3)16-22-9-6-7-10-23(22)17-30/h4-14,27H,15-19H2,1-3H3,(H,33,34)/b5-4+,13-8+/t27-/m0/s1. The summed E-state index contributed by atoms with van der Waals surface area (Å²) in [6.07, 6.45) is 9.83. The van der Waals surface area contributed by atoms with Crippen molar-refractivity contribution in [3.05, 3.63) is 106 Å². The van der Waals surface area contributed by atoms with Gasteiger partial charge in [0.1, 0.15) is 29.9 Å². The number of benzene rings is 2. The number of carboxylic acids is 1. The molecule has 0 spiro atoms. The van der Waals surface area contributed by atoms with E-state index in [0.29, 0.717) is 19.6 Å². The van der Waals surface area contributed by atoms with Crippen LogP contribution < -0.4 is 4.74 Å². The van der Waals surface area contributed by atoms with E-state index in [4.69, 9.17) is 14.1 Å². The largest absolute Gasteiger partial charge is 0.487 e. The van der Waals surface area contributed by atoms with Crippen LogP contribution in [0.5, 0.6) is 5.75 Å². The Morgan fingerprint density at radius 1 is 1.17 bits per heavy atom. The molecule has 0 fully saturated rings. The average molecular weight is 485 g/mol. The third-order valence-corrected chi connectivity index (χ3v) is 7.27. The van der Waals surface area contributed by atoms with E-state index in [1.165, 1.54) is 11.1 Å². The molecule has 6 heteroatoms. The summed E-state index contributed by atoms with van der Waals surface area (Å²) in [5, 5.41) is 9.70. The summed E-state index contributed by atoms with van der Waals surface area (Å²) in [5.41, 5.74) is 5.50. The number of nitrogens with zero attached hydrogens (tertiary/aromatic N) is 2. The molecule has 0 saturated carbocycles. The molecule has 1 atom stereocenters. The number of rotatable bonds is 7. The quantitative estimate of drug-likeness (QED) is 0.445. The molecule has 0 bridgehead atoms. The Labute approximate surface area is 211 Å². The van der Waals surface area contributed by atoms with Crippen molar-refractivity contribution >= 4 is 5.97 Å². The van der Waals surface area contributed by atoms with Gasteiger partial charge in [-0.3, -0.25) is 0 Å². The minimum absolute atomic E-state index is 0.150. The van der Waals surface area contributed by atoms with Gasteiger partial charge in [0.2, 0.25) is 5.89 Å². The zero-order valence-electron chi connectivity index (χ0n) is 21.0. The van der Waals surface area contributed by atoms with Gasteiger partial charge in [-0.05, 0) is 67.2 Å². The lowest BCUT2D eigenvalue weighted by Gasteiger charge is -2.33. The van der Waals surface area contributed by atoms with Crippen LogP contribution in [-0.2, 0) is 42.6 Å². The summed E-state index contributed by atoms with van der Waals surface area (Å²) in [4.78, 5) is 18.5. The van der Waals surface area contributed by atoms with E-state index in [1.54, 1.807) is 0 Å². The molecule has 2 aromatic carbocycles. The first-order chi connectivity index (χ1) is 17.4. The fourth-order valence-corrected chi connectivity index (χ4v) is 5.26. The maximum atomic E-state index is 11.8. The van der Waals surface area contributed by atoms with Gasteiger partial charge >= 0.3 is 5.97 Å². The van der Waals surface area contributed by atoms with E-state index in [-0.39, 0.29) is 5.41 Å². The van der Waals surface area contributed by atoms with Gasteiger partial charge in [0.15, 0.2) is 0 Å². The molecule has 2 heterocycles. The molecular weight excluding hydrogens is 452 g/mol. The molecule has 0 saturated heterocycles. The smallest absolute Gasteiger partial charge is 0.326 e. The van der Waals surface area contributed by atoms with Crippen LogP contribution in [0.2, 0.25) is 0 Å². The lowest BCUT2D eigenvalue weighted by molar-refractivity contribution is -0.142. The molecule has 36 heavy (non-hydrogen) atoms. The Morgan fingerprint density at radius 2 is 1.92 bits per heavy atom. The average Bonchev–Trinajstić information content (AvgIpc) is 3.42. The van der Waals surface area contributed by atoms with Crippen LogP contribution in [0.25, 0.3) is 0 Å². The highest BCUT2D eigenvalue weighted by Gasteiger charge is 2.39. The fraction of sp³-hybridized carbons (Fsp3) is 0.333. The molecule has 0 unspecified atom stereocenters. The molecule has 1 N–H and O–H groups in total. The van der Waals surface area contributed by atoms with Crippen molar-refractivity contribution in [1.82, 2.24) is 9.88 Å². The molecule has 186 valence electrons. The summed E-state index contributed by atoms with van der Waals surface area (Å²) >= 11 is 0. The van der Waals surface area contributed by atoms with E-state index in [1.807, 2.05) is 61.4 Å². The van der Waals surface area contributed by atoms with Crippen LogP contribution in [0.4, 0.5) is 0 Å². The molecule has 2 aliphatic rings. The first-order valence-electron chi connectivity index (χ1n) is 12.4. The fourth-order valence-electron chi connectivity index (χ4n) is 5.26. The monoisotopic (exact) mass is 484 g/mol. The van der Waals surface area contributed by atoms with Crippen LogP contribution >= 0.6 is 0 Å². The summed E-state index contributed by atoms with van der Waals surface area (Å²) < 4.78 is 12.3. The number of ether oxygens (including phenoxy) is 1. The highest BCUT2D eigenvalue weighted by molar-refractivity contribution is 5.74. The first-order valence-corrected chi connectivity index (χ1v) is 12.4. The minimum atomic E-state index is -0.817. The minimum Gasteiger partial charge on any atom is -0.487 e. The van der Waals surface area contributed by atoms with Gasteiger partial charge in [-0.15, -0.1) is 0 Å². The lowest BCUT2D eigenvalue weighted by atomic mass is 9.87. The number of aryl methyl sites for hydroxylation is 1. The predicted octanol–water partition coefficient (Wildman–Crippen LogP) is 5.52. The predicted molar refractivity (Wildman–Crippen MR) is 138 cm³/mol. The molecule has 0 radical (unpaired) electrons. The van der Waals surface area contributed by atoms with Crippen LogP contribution in [0.1, 0.15) is 53.4 Å². The number of fused-ring (bicyclic) bond motifs is 2. The topological polar surface area (TPSA) is 75.8 Å². The number of carboxylic acid groups (broad SMARTS) is 1. The van der Waals surface area contributed by atoms with Crippen LogP contribution in [-0.4, -0.2) is 27.0 Å². The number of allylic oxidation sites excluding steroid dienone is 3. The van der Waals surface area contributed by atoms with Crippen molar-refractivity contribution in [2.45, 2.75) is 64.6 Å². The summed E-state index contributed by atoms with van der Waals surface area (Å²) in [7, 11) is 0. The van der Waals surface area contributed by atoms with Gasteiger partial charge < -0.3 is 19.2 Å². The van der Waals surface area contributed by atoms with E-state index >= 15 is 0 Å². The van der Waals surface area contributed by atoms with Crippen molar-refractivity contribution < 1.29 is 19.1 Å². The Hall–Kier alpha value is -3.80. The number of oxazole rings is 1. The second-order valence-corrected chi connectivity index (χ2v) is 10.0. The third kappa shape index (κ3) is 4.68. The SMILES string of the molecule is C/C=C/C=C/N1Cc2cc(OCc3nc(C4(C)Cc5ccccc5C4)oc3C)ccc2C[C@H]1C(=O)O. The molecule has 1 aliphatic heterocycles. The normalized spacial score (nSPS) is 18.5. The number of hydrogen-bond acceptors (Lipinski definition) is 5. The van der Waals surface area contributed by atoms with E-state index in [0.717, 1.165) is 47.1 Å². The Balaban J connectivity index is 1.29. The number of carbonyl (C=O) groups is 1. The Kier molecular flexibility index (Phi) is 6.44. The van der Waals surface area contributed by atoms with Gasteiger partial charge in [-0.2, -0.15) is 0 Å². The Morgan fingerprint density at radius 3 is 2.61 bits per heavy atom. The molecule has 3 aromatic rings. The highest BCUT2D eigenvalue weighted by atomic mass is 16.5. The van der Waals surface area contributed by atoms with Gasteiger partial charge in [0.25, 0.3) is 0 Å². The molecular formula is C30H32N2O4.